The van der Waals surface area contributed by atoms with Crippen molar-refractivity contribution < 1.29 is 19.1 Å². The summed E-state index contributed by atoms with van der Waals surface area (Å²) in [4.78, 5) is 36.8. The summed E-state index contributed by atoms with van der Waals surface area (Å²) in [5.41, 5.74) is 1.95. The first-order chi connectivity index (χ1) is 15.1. The molecular formula is C22H20N4O4S. The molecule has 2 aromatic carbocycles. The second-order valence-electron chi connectivity index (χ2n) is 6.66. The number of H-pyrrole nitrogens is 1. The summed E-state index contributed by atoms with van der Waals surface area (Å²) in [5.74, 6) is 0.433. The Labute approximate surface area is 182 Å². The van der Waals surface area contributed by atoms with E-state index in [9.17, 15) is 9.59 Å². The topological polar surface area (TPSA) is 106 Å². The molecule has 9 heteroatoms. The van der Waals surface area contributed by atoms with Crippen molar-refractivity contribution >= 4 is 38.6 Å². The fraction of sp³-hybridized carbons (Fsp3) is 0.182. The van der Waals surface area contributed by atoms with E-state index in [1.165, 1.54) is 11.3 Å². The summed E-state index contributed by atoms with van der Waals surface area (Å²) in [6, 6.07) is 12.3. The Morgan fingerprint density at radius 1 is 1.19 bits per heavy atom. The van der Waals surface area contributed by atoms with E-state index in [1.807, 2.05) is 12.1 Å². The Balaban J connectivity index is 1.42. The lowest BCUT2D eigenvalue weighted by atomic mass is 10.1. The number of anilines is 1. The summed E-state index contributed by atoms with van der Waals surface area (Å²) in [7, 11) is 1.59. The first-order valence-corrected chi connectivity index (χ1v) is 10.4. The van der Waals surface area contributed by atoms with Crippen LogP contribution in [0.25, 0.3) is 21.6 Å². The number of carbonyl (C=O) groups excluding carboxylic acids is 2. The highest BCUT2D eigenvalue weighted by molar-refractivity contribution is 7.22. The van der Waals surface area contributed by atoms with Crippen LogP contribution in [0, 0.1) is 0 Å². The average Bonchev–Trinajstić information content (AvgIpc) is 3.46. The van der Waals surface area contributed by atoms with E-state index in [2.05, 4.69) is 20.3 Å². The van der Waals surface area contributed by atoms with Crippen LogP contribution in [0.1, 0.15) is 23.7 Å². The van der Waals surface area contributed by atoms with Crippen LogP contribution < -0.4 is 10.1 Å². The van der Waals surface area contributed by atoms with Crippen LogP contribution in [-0.4, -0.2) is 40.0 Å². The molecule has 0 spiro atoms. The van der Waals surface area contributed by atoms with Gasteiger partial charge < -0.3 is 14.5 Å². The molecule has 0 aliphatic rings. The minimum Gasteiger partial charge on any atom is -0.497 e. The molecule has 2 aromatic heterocycles. The van der Waals surface area contributed by atoms with Crippen molar-refractivity contribution in [3.8, 4) is 17.1 Å². The lowest BCUT2D eigenvalue weighted by Crippen LogP contribution is -2.32. The number of imidazole rings is 1. The van der Waals surface area contributed by atoms with Crippen molar-refractivity contribution in [3.63, 3.8) is 0 Å². The van der Waals surface area contributed by atoms with Crippen molar-refractivity contribution in [3.05, 3.63) is 60.4 Å². The van der Waals surface area contributed by atoms with Gasteiger partial charge >= 0.3 is 5.97 Å². The number of nitrogens with zero attached hydrogens (tertiary/aromatic N) is 2. The Morgan fingerprint density at radius 2 is 2.00 bits per heavy atom. The number of nitrogens with one attached hydrogen (secondary N) is 2. The molecule has 2 N–H and O–H groups in total. The maximum atomic E-state index is 12.7. The fourth-order valence-corrected chi connectivity index (χ4v) is 3.88. The van der Waals surface area contributed by atoms with Gasteiger partial charge in [-0.15, -0.1) is 0 Å². The number of esters is 1. The van der Waals surface area contributed by atoms with Crippen molar-refractivity contribution in [2.24, 2.45) is 0 Å². The summed E-state index contributed by atoms with van der Waals surface area (Å²) >= 11 is 1.33. The first kappa shape index (κ1) is 20.5. The molecule has 31 heavy (non-hydrogen) atoms. The van der Waals surface area contributed by atoms with Gasteiger partial charge in [0.25, 0.3) is 5.91 Å². The monoisotopic (exact) mass is 436 g/mol. The van der Waals surface area contributed by atoms with Crippen molar-refractivity contribution in [2.75, 3.05) is 12.4 Å². The molecule has 2 heterocycles. The Morgan fingerprint density at radius 3 is 2.68 bits per heavy atom. The highest BCUT2D eigenvalue weighted by Gasteiger charge is 2.23. The molecule has 0 aliphatic carbocycles. The Hall–Kier alpha value is -3.72. The lowest BCUT2D eigenvalue weighted by Gasteiger charge is -2.15. The molecule has 1 unspecified atom stereocenters. The number of amides is 1. The van der Waals surface area contributed by atoms with Crippen molar-refractivity contribution in [1.82, 2.24) is 15.0 Å². The third kappa shape index (κ3) is 4.56. The highest BCUT2D eigenvalue weighted by atomic mass is 32.1. The molecule has 8 nitrogen and oxygen atoms in total. The number of hydrogen-bond donors (Lipinski definition) is 2. The molecule has 1 amide bonds. The zero-order valence-electron chi connectivity index (χ0n) is 16.9. The van der Waals surface area contributed by atoms with E-state index in [1.54, 1.807) is 56.8 Å². The number of carbonyl (C=O) groups is 2. The molecule has 0 saturated carbocycles. The zero-order valence-corrected chi connectivity index (χ0v) is 17.7. The number of aromatic nitrogens is 3. The number of fused-ring (bicyclic) bond motifs is 1. The van der Waals surface area contributed by atoms with Crippen molar-refractivity contribution in [2.45, 2.75) is 19.4 Å². The largest absolute Gasteiger partial charge is 0.497 e. The molecule has 4 rings (SSSR count). The number of methoxy groups -OCH3 is 1. The van der Waals surface area contributed by atoms with Gasteiger partial charge in [0.05, 0.1) is 22.9 Å². The number of hydrogen-bond acceptors (Lipinski definition) is 7. The Kier molecular flexibility index (Phi) is 5.94. The molecule has 0 bridgehead atoms. The van der Waals surface area contributed by atoms with Crippen LogP contribution in [-0.2, 0) is 9.53 Å². The number of aromatic amines is 1. The van der Waals surface area contributed by atoms with E-state index in [-0.39, 0.29) is 0 Å². The second kappa shape index (κ2) is 8.97. The third-order valence-corrected chi connectivity index (χ3v) is 5.56. The predicted octanol–water partition coefficient (Wildman–Crippen LogP) is 4.27. The molecule has 1 atom stereocenters. The second-order valence-corrected chi connectivity index (χ2v) is 7.69. The SMILES string of the molecule is CCC(OC(=O)c1ccc(-c2ncc[nH]2)cc1)C(=O)Nc1nc2ccc(OC)cc2s1. The van der Waals surface area contributed by atoms with Gasteiger partial charge in [-0.25, -0.2) is 14.8 Å². The van der Waals surface area contributed by atoms with Gasteiger partial charge in [0.1, 0.15) is 11.6 Å². The number of benzene rings is 2. The molecule has 0 saturated heterocycles. The third-order valence-electron chi connectivity index (χ3n) is 4.63. The Bertz CT molecular complexity index is 1200. The summed E-state index contributed by atoms with van der Waals surface area (Å²) in [5, 5.41) is 3.18. The van der Waals surface area contributed by atoms with Gasteiger partial charge in [0.15, 0.2) is 11.2 Å². The van der Waals surface area contributed by atoms with Gasteiger partial charge in [-0.2, -0.15) is 0 Å². The first-order valence-electron chi connectivity index (χ1n) is 9.63. The van der Waals surface area contributed by atoms with E-state index in [0.717, 1.165) is 15.8 Å². The van der Waals surface area contributed by atoms with Crippen LogP contribution in [0.5, 0.6) is 5.75 Å². The minimum absolute atomic E-state index is 0.334. The molecule has 4 aromatic rings. The van der Waals surface area contributed by atoms with Crippen LogP contribution in [0.3, 0.4) is 0 Å². The zero-order chi connectivity index (χ0) is 21.8. The number of ether oxygens (including phenoxy) is 2. The van der Waals surface area contributed by atoms with Crippen LogP contribution in [0.2, 0.25) is 0 Å². The maximum Gasteiger partial charge on any atom is 0.338 e. The van der Waals surface area contributed by atoms with Gasteiger partial charge in [0.2, 0.25) is 0 Å². The predicted molar refractivity (Wildman–Crippen MR) is 118 cm³/mol. The highest BCUT2D eigenvalue weighted by Crippen LogP contribution is 2.29. The fourth-order valence-electron chi connectivity index (χ4n) is 2.98. The summed E-state index contributed by atoms with van der Waals surface area (Å²) in [6.45, 7) is 1.78. The summed E-state index contributed by atoms with van der Waals surface area (Å²) < 4.78 is 11.5. The normalized spacial score (nSPS) is 11.8. The smallest absolute Gasteiger partial charge is 0.338 e. The van der Waals surface area contributed by atoms with E-state index < -0.39 is 18.0 Å². The standard InChI is InChI=1S/C22H20N4O4S/c1-3-17(20(27)26-22-25-16-9-8-15(29-2)12-18(16)31-22)30-21(28)14-6-4-13(5-7-14)19-23-10-11-24-19/h4-12,17H,3H2,1-2H3,(H,23,24)(H,25,26,27). The van der Waals surface area contributed by atoms with Gasteiger partial charge in [-0.3, -0.25) is 10.1 Å². The number of thiazole rings is 1. The molecule has 0 fully saturated rings. The lowest BCUT2D eigenvalue weighted by molar-refractivity contribution is -0.124. The van der Waals surface area contributed by atoms with Gasteiger partial charge in [-0.05, 0) is 36.8 Å². The number of rotatable bonds is 7. The average molecular weight is 436 g/mol. The van der Waals surface area contributed by atoms with Gasteiger partial charge in [0, 0.05) is 18.0 Å². The molecule has 158 valence electrons. The summed E-state index contributed by atoms with van der Waals surface area (Å²) in [6.07, 6.45) is 2.79. The van der Waals surface area contributed by atoms with E-state index >= 15 is 0 Å². The quantitative estimate of drug-likeness (QED) is 0.419. The minimum atomic E-state index is -0.932. The van der Waals surface area contributed by atoms with Crippen LogP contribution in [0.15, 0.2) is 54.9 Å². The van der Waals surface area contributed by atoms with Crippen molar-refractivity contribution in [1.29, 1.82) is 0 Å². The van der Waals surface area contributed by atoms with Gasteiger partial charge in [-0.1, -0.05) is 30.4 Å². The maximum absolute atomic E-state index is 12.7. The molecular weight excluding hydrogens is 416 g/mol. The van der Waals surface area contributed by atoms with Crippen LogP contribution in [0.4, 0.5) is 5.13 Å². The van der Waals surface area contributed by atoms with E-state index in [4.69, 9.17) is 9.47 Å². The van der Waals surface area contributed by atoms with Crippen LogP contribution >= 0.6 is 11.3 Å². The van der Waals surface area contributed by atoms with E-state index in [0.29, 0.717) is 28.7 Å². The molecule has 0 aliphatic heterocycles. The molecule has 0 radical (unpaired) electrons.